The van der Waals surface area contributed by atoms with Gasteiger partial charge in [-0.25, -0.2) is 9.18 Å². The molecule has 0 bridgehead atoms. The van der Waals surface area contributed by atoms with E-state index in [9.17, 15) is 9.18 Å². The molecule has 19 heavy (non-hydrogen) atoms. The molecule has 1 aromatic rings. The van der Waals surface area contributed by atoms with Crippen molar-refractivity contribution in [3.05, 3.63) is 35.6 Å². The van der Waals surface area contributed by atoms with E-state index in [2.05, 4.69) is 0 Å². The normalized spacial score (nSPS) is 22.7. The van der Waals surface area contributed by atoms with Crippen LogP contribution < -0.4 is 5.73 Å². The van der Waals surface area contributed by atoms with Gasteiger partial charge in [-0.15, -0.1) is 0 Å². The number of nitrogens with zero attached hydrogens (tertiary/aromatic N) is 1. The Morgan fingerprint density at radius 3 is 2.74 bits per heavy atom. The van der Waals surface area contributed by atoms with E-state index in [4.69, 9.17) is 10.5 Å². The molecule has 1 fully saturated rings. The van der Waals surface area contributed by atoms with Crippen LogP contribution in [0.3, 0.4) is 0 Å². The predicted molar refractivity (Wildman–Crippen MR) is 70.0 cm³/mol. The molecule has 1 heterocycles. The number of carbonyl (C=O) groups excluding carboxylic acids is 1. The molecular formula is C14H19FN2O2. The third-order valence-electron chi connectivity index (χ3n) is 3.55. The summed E-state index contributed by atoms with van der Waals surface area (Å²) < 4.78 is 18.0. The van der Waals surface area contributed by atoms with Crippen molar-refractivity contribution in [3.63, 3.8) is 0 Å². The lowest BCUT2D eigenvalue weighted by molar-refractivity contribution is 0.147. The maximum atomic E-state index is 12.9. The highest BCUT2D eigenvalue weighted by molar-refractivity contribution is 5.71. The van der Waals surface area contributed by atoms with Gasteiger partial charge < -0.3 is 10.5 Å². The minimum atomic E-state index is -0.329. The molecule has 4 nitrogen and oxygen atoms in total. The van der Waals surface area contributed by atoms with E-state index in [0.717, 1.165) is 18.4 Å². The smallest absolute Gasteiger partial charge is 0.410 e. The quantitative estimate of drug-likeness (QED) is 0.889. The zero-order chi connectivity index (χ0) is 13.9. The number of nitrogens with two attached hydrogens (primary N) is 1. The molecule has 0 saturated carbocycles. The van der Waals surface area contributed by atoms with Crippen molar-refractivity contribution < 1.29 is 13.9 Å². The first-order valence-electron chi connectivity index (χ1n) is 6.44. The Morgan fingerprint density at radius 2 is 2.11 bits per heavy atom. The van der Waals surface area contributed by atoms with Gasteiger partial charge in [-0.05, 0) is 44.0 Å². The average molecular weight is 266 g/mol. The van der Waals surface area contributed by atoms with Gasteiger partial charge in [0.05, 0.1) is 5.54 Å². The van der Waals surface area contributed by atoms with Crippen molar-refractivity contribution in [2.75, 3.05) is 13.2 Å². The first-order chi connectivity index (χ1) is 9.05. The Morgan fingerprint density at radius 1 is 1.42 bits per heavy atom. The fourth-order valence-electron chi connectivity index (χ4n) is 2.31. The summed E-state index contributed by atoms with van der Waals surface area (Å²) in [6, 6.07) is 6.16. The molecule has 1 atom stereocenters. The molecule has 0 radical (unpaired) electrons. The van der Waals surface area contributed by atoms with Gasteiger partial charge in [0.2, 0.25) is 0 Å². The minimum absolute atomic E-state index is 0.279. The van der Waals surface area contributed by atoms with Crippen LogP contribution in [0.25, 0.3) is 0 Å². The second kappa shape index (κ2) is 5.57. The van der Waals surface area contributed by atoms with E-state index in [1.54, 1.807) is 17.0 Å². The van der Waals surface area contributed by atoms with Crippen molar-refractivity contribution >= 4 is 6.09 Å². The van der Waals surface area contributed by atoms with Gasteiger partial charge in [0, 0.05) is 6.54 Å². The van der Waals surface area contributed by atoms with Gasteiger partial charge in [0.25, 0.3) is 0 Å². The zero-order valence-electron chi connectivity index (χ0n) is 11.1. The van der Waals surface area contributed by atoms with Crippen LogP contribution in [0.1, 0.15) is 25.3 Å². The second-order valence-electron chi connectivity index (χ2n) is 5.16. The summed E-state index contributed by atoms with van der Waals surface area (Å²) in [5.41, 5.74) is 6.09. The fraction of sp³-hybridized carbons (Fsp3) is 0.500. The van der Waals surface area contributed by atoms with Crippen molar-refractivity contribution in [1.29, 1.82) is 0 Å². The Hall–Kier alpha value is -1.62. The summed E-state index contributed by atoms with van der Waals surface area (Å²) in [5.74, 6) is -0.279. The molecular weight excluding hydrogens is 247 g/mol. The summed E-state index contributed by atoms with van der Waals surface area (Å²) in [5, 5.41) is 0. The number of cyclic esters (lactones) is 1. The molecule has 5 heteroatoms. The SMILES string of the molecule is CC1(CCCN)COC(=O)N1Cc1ccc(F)cc1. The van der Waals surface area contributed by atoms with E-state index in [-0.39, 0.29) is 17.4 Å². The monoisotopic (exact) mass is 266 g/mol. The molecule has 0 aliphatic carbocycles. The van der Waals surface area contributed by atoms with E-state index >= 15 is 0 Å². The number of ether oxygens (including phenoxy) is 1. The molecule has 0 spiro atoms. The number of amides is 1. The molecule has 1 amide bonds. The van der Waals surface area contributed by atoms with E-state index in [0.29, 0.717) is 19.7 Å². The lowest BCUT2D eigenvalue weighted by Crippen LogP contribution is -2.44. The van der Waals surface area contributed by atoms with Crippen molar-refractivity contribution in [2.24, 2.45) is 5.73 Å². The predicted octanol–water partition coefficient (Wildman–Crippen LogP) is 2.28. The number of carbonyl (C=O) groups is 1. The third kappa shape index (κ3) is 3.04. The van der Waals surface area contributed by atoms with Crippen LogP contribution >= 0.6 is 0 Å². The van der Waals surface area contributed by atoms with Gasteiger partial charge in [0.1, 0.15) is 12.4 Å². The molecule has 1 aliphatic heterocycles. The van der Waals surface area contributed by atoms with Crippen molar-refractivity contribution in [1.82, 2.24) is 4.90 Å². The standard InChI is InChI=1S/C14H19FN2O2/c1-14(7-2-8-16)10-19-13(18)17(14)9-11-3-5-12(15)6-4-11/h3-6H,2,7-10,16H2,1H3. The summed E-state index contributed by atoms with van der Waals surface area (Å²) in [6.45, 7) is 3.40. The number of benzene rings is 1. The average Bonchev–Trinajstić information content (AvgIpc) is 2.68. The zero-order valence-corrected chi connectivity index (χ0v) is 11.1. The van der Waals surface area contributed by atoms with Gasteiger partial charge in [-0.2, -0.15) is 0 Å². The lowest BCUT2D eigenvalue weighted by Gasteiger charge is -2.32. The summed E-state index contributed by atoms with van der Waals surface area (Å²) in [6.07, 6.45) is 1.33. The Balaban J connectivity index is 2.11. The van der Waals surface area contributed by atoms with Crippen LogP contribution in [0, 0.1) is 5.82 Å². The molecule has 2 N–H and O–H groups in total. The highest BCUT2D eigenvalue weighted by atomic mass is 19.1. The highest BCUT2D eigenvalue weighted by Crippen LogP contribution is 2.30. The van der Waals surface area contributed by atoms with Crippen LogP contribution in [-0.4, -0.2) is 29.7 Å². The summed E-state index contributed by atoms with van der Waals surface area (Å²) >= 11 is 0. The van der Waals surface area contributed by atoms with E-state index in [1.807, 2.05) is 6.92 Å². The van der Waals surface area contributed by atoms with Crippen molar-refractivity contribution in [3.8, 4) is 0 Å². The molecule has 0 aromatic heterocycles. The molecule has 1 saturated heterocycles. The molecule has 1 aliphatic rings. The number of rotatable bonds is 5. The topological polar surface area (TPSA) is 55.6 Å². The van der Waals surface area contributed by atoms with Crippen LogP contribution in [0.4, 0.5) is 9.18 Å². The second-order valence-corrected chi connectivity index (χ2v) is 5.16. The maximum Gasteiger partial charge on any atom is 0.410 e. The van der Waals surface area contributed by atoms with Gasteiger partial charge >= 0.3 is 6.09 Å². The third-order valence-corrected chi connectivity index (χ3v) is 3.55. The number of hydrogen-bond acceptors (Lipinski definition) is 3. The molecule has 2 rings (SSSR count). The number of halogens is 1. The Labute approximate surface area is 112 Å². The van der Waals surface area contributed by atoms with Crippen LogP contribution in [0.5, 0.6) is 0 Å². The molecule has 1 aromatic carbocycles. The first kappa shape index (κ1) is 13.8. The minimum Gasteiger partial charge on any atom is -0.447 e. The van der Waals surface area contributed by atoms with Crippen LogP contribution in [0.2, 0.25) is 0 Å². The number of hydrogen-bond donors (Lipinski definition) is 1. The van der Waals surface area contributed by atoms with Crippen molar-refractivity contribution in [2.45, 2.75) is 31.8 Å². The van der Waals surface area contributed by atoms with E-state index in [1.165, 1.54) is 12.1 Å². The van der Waals surface area contributed by atoms with Gasteiger partial charge in [-0.1, -0.05) is 12.1 Å². The van der Waals surface area contributed by atoms with Gasteiger partial charge in [0.15, 0.2) is 0 Å². The van der Waals surface area contributed by atoms with Gasteiger partial charge in [-0.3, -0.25) is 4.90 Å². The molecule has 104 valence electrons. The largest absolute Gasteiger partial charge is 0.447 e. The highest BCUT2D eigenvalue weighted by Gasteiger charge is 2.42. The fourth-order valence-corrected chi connectivity index (χ4v) is 2.31. The summed E-state index contributed by atoms with van der Waals surface area (Å²) in [4.78, 5) is 13.5. The molecule has 1 unspecified atom stereocenters. The Bertz CT molecular complexity index is 449. The summed E-state index contributed by atoms with van der Waals surface area (Å²) in [7, 11) is 0. The van der Waals surface area contributed by atoms with Crippen LogP contribution in [0.15, 0.2) is 24.3 Å². The lowest BCUT2D eigenvalue weighted by atomic mass is 9.95. The maximum absolute atomic E-state index is 12.9. The Kier molecular flexibility index (Phi) is 4.04. The first-order valence-corrected chi connectivity index (χ1v) is 6.44. The van der Waals surface area contributed by atoms with Crippen LogP contribution in [-0.2, 0) is 11.3 Å². The van der Waals surface area contributed by atoms with E-state index < -0.39 is 0 Å².